The number of methoxy groups -OCH3 is 1. The van der Waals surface area contributed by atoms with Crippen molar-refractivity contribution in [3.05, 3.63) is 23.8 Å². The molecule has 0 bridgehead atoms. The van der Waals surface area contributed by atoms with Crippen LogP contribution in [0.1, 0.15) is 52.0 Å². The molecule has 0 heterocycles. The first-order valence-electron chi connectivity index (χ1n) is 10.00. The summed E-state index contributed by atoms with van der Waals surface area (Å²) in [5, 5.41) is 6.56. The van der Waals surface area contributed by atoms with E-state index >= 15 is 0 Å². The minimum atomic E-state index is -0.885. The summed E-state index contributed by atoms with van der Waals surface area (Å²) < 4.78 is 23.6. The van der Waals surface area contributed by atoms with Gasteiger partial charge >= 0.3 is 0 Å². The molecule has 158 valence electrons. The first-order chi connectivity index (χ1) is 13.3. The lowest BCUT2D eigenvalue weighted by Gasteiger charge is -2.20. The Bertz CT molecular complexity index is 680. The maximum atomic E-state index is 12.2. The molecule has 0 aromatic heterocycles. The highest BCUT2D eigenvalue weighted by Gasteiger charge is 2.20. The third kappa shape index (κ3) is 7.00. The van der Waals surface area contributed by atoms with Crippen LogP contribution in [0.5, 0.6) is 11.5 Å². The van der Waals surface area contributed by atoms with Crippen LogP contribution in [0.2, 0.25) is 0 Å². The molecule has 2 N–H and O–H groups in total. The summed E-state index contributed by atoms with van der Waals surface area (Å²) in [5.74, 6) is 2.93. The molecule has 7 heteroatoms. The normalized spacial score (nSPS) is 16.7. The Morgan fingerprint density at radius 1 is 1.25 bits per heavy atom. The standard InChI is InChI=1S/C21H35N3O3S/c1-21(2,3)28(25)13-12-23-20(22-4)24-15-16-10-11-18(26-5)14-19(16)27-17-8-6-7-9-17/h10-11,14,17H,6-9,12-13,15H2,1-5H3,(H2,22,23,24). The van der Waals surface area contributed by atoms with Gasteiger partial charge in [0.15, 0.2) is 5.96 Å². The zero-order valence-electron chi connectivity index (χ0n) is 17.8. The lowest BCUT2D eigenvalue weighted by Crippen LogP contribution is -2.40. The van der Waals surface area contributed by atoms with Crippen LogP contribution in [0.3, 0.4) is 0 Å². The fraction of sp³-hybridized carbons (Fsp3) is 0.667. The molecule has 0 radical (unpaired) electrons. The number of benzene rings is 1. The summed E-state index contributed by atoms with van der Waals surface area (Å²) in [4.78, 5) is 4.26. The summed E-state index contributed by atoms with van der Waals surface area (Å²) in [6, 6.07) is 5.93. The molecule has 0 aliphatic heterocycles. The van der Waals surface area contributed by atoms with Crippen LogP contribution in [-0.4, -0.2) is 47.5 Å². The molecule has 1 fully saturated rings. The van der Waals surface area contributed by atoms with Crippen LogP contribution in [0.25, 0.3) is 0 Å². The van der Waals surface area contributed by atoms with Gasteiger partial charge in [-0.25, -0.2) is 0 Å². The van der Waals surface area contributed by atoms with Crippen LogP contribution in [0, 0.1) is 0 Å². The van der Waals surface area contributed by atoms with E-state index in [1.165, 1.54) is 12.8 Å². The van der Waals surface area contributed by atoms with Crippen LogP contribution < -0.4 is 20.1 Å². The van der Waals surface area contributed by atoms with Gasteiger partial charge in [0, 0.05) is 53.1 Å². The Morgan fingerprint density at radius 2 is 1.96 bits per heavy atom. The largest absolute Gasteiger partial charge is 0.497 e. The van der Waals surface area contributed by atoms with E-state index in [9.17, 15) is 4.21 Å². The highest BCUT2D eigenvalue weighted by Crippen LogP contribution is 2.30. The van der Waals surface area contributed by atoms with Crippen molar-refractivity contribution in [3.8, 4) is 11.5 Å². The molecule has 1 atom stereocenters. The molecule has 0 amide bonds. The van der Waals surface area contributed by atoms with Crippen molar-refractivity contribution in [1.82, 2.24) is 10.6 Å². The molecule has 1 aliphatic rings. The quantitative estimate of drug-likeness (QED) is 0.509. The third-order valence-electron chi connectivity index (χ3n) is 4.80. The molecule has 1 aromatic carbocycles. The zero-order chi connectivity index (χ0) is 20.6. The van der Waals surface area contributed by atoms with Crippen LogP contribution >= 0.6 is 0 Å². The first kappa shape index (κ1) is 22.5. The monoisotopic (exact) mass is 409 g/mol. The second-order valence-electron chi connectivity index (χ2n) is 8.01. The van der Waals surface area contributed by atoms with Crippen molar-refractivity contribution in [1.29, 1.82) is 0 Å². The predicted molar refractivity (Wildman–Crippen MR) is 117 cm³/mol. The van der Waals surface area contributed by atoms with E-state index in [0.29, 0.717) is 24.8 Å². The highest BCUT2D eigenvalue weighted by atomic mass is 32.2. The average molecular weight is 410 g/mol. The predicted octanol–water partition coefficient (Wildman–Crippen LogP) is 3.23. The molecule has 1 aromatic rings. The SMILES string of the molecule is CN=C(NCCS(=O)C(C)(C)C)NCc1ccc(OC)cc1OC1CCCC1. The van der Waals surface area contributed by atoms with Gasteiger partial charge < -0.3 is 20.1 Å². The lowest BCUT2D eigenvalue weighted by molar-refractivity contribution is 0.207. The first-order valence-corrected chi connectivity index (χ1v) is 11.3. The molecular weight excluding hydrogens is 374 g/mol. The number of nitrogens with one attached hydrogen (secondary N) is 2. The fourth-order valence-corrected chi connectivity index (χ4v) is 3.97. The fourth-order valence-electron chi connectivity index (χ4n) is 3.07. The number of hydrogen-bond acceptors (Lipinski definition) is 4. The van der Waals surface area contributed by atoms with E-state index < -0.39 is 10.8 Å². The van der Waals surface area contributed by atoms with Gasteiger partial charge in [0.25, 0.3) is 0 Å². The molecule has 1 unspecified atom stereocenters. The van der Waals surface area contributed by atoms with Crippen molar-refractivity contribution in [2.75, 3.05) is 26.5 Å². The Balaban J connectivity index is 1.93. The van der Waals surface area contributed by atoms with Gasteiger partial charge in [-0.15, -0.1) is 0 Å². The molecule has 28 heavy (non-hydrogen) atoms. The molecule has 0 spiro atoms. The average Bonchev–Trinajstić information content (AvgIpc) is 3.17. The number of aliphatic imine (C=N–C) groups is 1. The number of nitrogens with zero attached hydrogens (tertiary/aromatic N) is 1. The van der Waals surface area contributed by atoms with Gasteiger partial charge in [-0.05, 0) is 58.6 Å². The van der Waals surface area contributed by atoms with Gasteiger partial charge in [0.1, 0.15) is 11.5 Å². The van der Waals surface area contributed by atoms with Crippen molar-refractivity contribution in [2.45, 2.75) is 63.9 Å². The zero-order valence-corrected chi connectivity index (χ0v) is 18.7. The molecule has 6 nitrogen and oxygen atoms in total. The number of ether oxygens (including phenoxy) is 2. The van der Waals surface area contributed by atoms with Gasteiger partial charge in [-0.2, -0.15) is 0 Å². The Morgan fingerprint density at radius 3 is 2.57 bits per heavy atom. The van der Waals surface area contributed by atoms with Crippen molar-refractivity contribution in [2.24, 2.45) is 4.99 Å². The molecule has 1 aliphatic carbocycles. The summed E-state index contributed by atoms with van der Waals surface area (Å²) in [5.41, 5.74) is 1.06. The van der Waals surface area contributed by atoms with E-state index in [-0.39, 0.29) is 10.9 Å². The van der Waals surface area contributed by atoms with Crippen LogP contribution in [-0.2, 0) is 17.3 Å². The smallest absolute Gasteiger partial charge is 0.191 e. The second kappa shape index (κ2) is 10.7. The summed E-state index contributed by atoms with van der Waals surface area (Å²) >= 11 is 0. The number of hydrogen-bond donors (Lipinski definition) is 2. The van der Waals surface area contributed by atoms with Gasteiger partial charge in [-0.3, -0.25) is 9.20 Å². The minimum absolute atomic E-state index is 0.200. The molecule has 0 saturated heterocycles. The summed E-state index contributed by atoms with van der Waals surface area (Å²) in [6.07, 6.45) is 4.97. The maximum absolute atomic E-state index is 12.2. The van der Waals surface area contributed by atoms with E-state index in [4.69, 9.17) is 9.47 Å². The Kier molecular flexibility index (Phi) is 8.60. The van der Waals surface area contributed by atoms with Crippen molar-refractivity contribution < 1.29 is 13.7 Å². The van der Waals surface area contributed by atoms with Crippen LogP contribution in [0.15, 0.2) is 23.2 Å². The van der Waals surface area contributed by atoms with Gasteiger partial charge in [0.2, 0.25) is 0 Å². The Labute approximate surface area is 171 Å². The van der Waals surface area contributed by atoms with Gasteiger partial charge in [0.05, 0.1) is 13.2 Å². The van der Waals surface area contributed by atoms with Gasteiger partial charge in [-0.1, -0.05) is 0 Å². The Hall–Kier alpha value is -1.76. The molecule has 1 saturated carbocycles. The van der Waals surface area contributed by atoms with E-state index in [1.807, 2.05) is 39.0 Å². The topological polar surface area (TPSA) is 72.0 Å². The lowest BCUT2D eigenvalue weighted by atomic mass is 10.2. The summed E-state index contributed by atoms with van der Waals surface area (Å²) in [7, 11) is 2.52. The number of guanidine groups is 1. The number of rotatable bonds is 8. The van der Waals surface area contributed by atoms with E-state index in [2.05, 4.69) is 15.6 Å². The highest BCUT2D eigenvalue weighted by molar-refractivity contribution is 7.86. The second-order valence-corrected chi connectivity index (χ2v) is 10.3. The van der Waals surface area contributed by atoms with Crippen molar-refractivity contribution in [3.63, 3.8) is 0 Å². The maximum Gasteiger partial charge on any atom is 0.191 e. The minimum Gasteiger partial charge on any atom is -0.497 e. The molecule has 2 rings (SSSR count). The van der Waals surface area contributed by atoms with E-state index in [1.54, 1.807) is 14.2 Å². The third-order valence-corrected chi connectivity index (χ3v) is 6.74. The van der Waals surface area contributed by atoms with Crippen molar-refractivity contribution >= 4 is 16.8 Å². The summed E-state index contributed by atoms with van der Waals surface area (Å²) in [6.45, 7) is 7.18. The van der Waals surface area contributed by atoms with E-state index in [0.717, 1.165) is 29.9 Å². The molecular formula is C21H35N3O3S. The van der Waals surface area contributed by atoms with Crippen LogP contribution in [0.4, 0.5) is 0 Å².